The number of anilines is 1. The number of nitrogens with one attached hydrogen (secondary N) is 3. The Kier molecular flexibility index (Phi) is 5.01. The van der Waals surface area contributed by atoms with Crippen LogP contribution in [0.2, 0.25) is 0 Å². The molecule has 0 aliphatic carbocycles. The van der Waals surface area contributed by atoms with Crippen LogP contribution in [-0.4, -0.2) is 54.2 Å². The lowest BCUT2D eigenvalue weighted by molar-refractivity contribution is -1.02. The normalized spacial score (nSPS) is 20.7. The summed E-state index contributed by atoms with van der Waals surface area (Å²) in [5.41, 5.74) is 3.59. The summed E-state index contributed by atoms with van der Waals surface area (Å²) in [6.45, 7) is 5.81. The summed E-state index contributed by atoms with van der Waals surface area (Å²) >= 11 is 1.16. The van der Waals surface area contributed by atoms with Gasteiger partial charge in [0, 0.05) is 5.56 Å². The molecule has 9 heteroatoms. The lowest BCUT2D eigenvalue weighted by Crippen LogP contribution is -3.28. The molecular formula is C20H23N5O3S+2. The van der Waals surface area contributed by atoms with Crippen molar-refractivity contribution >= 4 is 34.4 Å². The van der Waals surface area contributed by atoms with Crippen molar-refractivity contribution in [2.75, 3.05) is 44.8 Å². The van der Waals surface area contributed by atoms with Crippen molar-refractivity contribution in [1.29, 1.82) is 0 Å². The maximum absolute atomic E-state index is 12.5. The molecule has 1 aromatic heterocycles. The van der Waals surface area contributed by atoms with Gasteiger partial charge in [-0.2, -0.15) is 8.75 Å². The molecular weight excluding hydrogens is 390 g/mol. The van der Waals surface area contributed by atoms with Crippen LogP contribution in [0.3, 0.4) is 0 Å². The lowest BCUT2D eigenvalue weighted by Gasteiger charge is -2.29. The van der Waals surface area contributed by atoms with Crippen LogP contribution in [0.5, 0.6) is 11.5 Å². The first kappa shape index (κ1) is 18.3. The Morgan fingerprint density at radius 3 is 2.76 bits per heavy atom. The second-order valence-electron chi connectivity index (χ2n) is 7.53. The van der Waals surface area contributed by atoms with E-state index in [0.717, 1.165) is 72.7 Å². The van der Waals surface area contributed by atoms with Crippen molar-refractivity contribution in [3.8, 4) is 11.5 Å². The van der Waals surface area contributed by atoms with Crippen LogP contribution in [0.25, 0.3) is 11.0 Å². The van der Waals surface area contributed by atoms with Crippen molar-refractivity contribution in [3.63, 3.8) is 0 Å². The zero-order chi connectivity index (χ0) is 19.6. The third-order valence-corrected chi connectivity index (χ3v) is 6.07. The van der Waals surface area contributed by atoms with Crippen LogP contribution in [0.15, 0.2) is 36.4 Å². The molecule has 0 saturated carbocycles. The van der Waals surface area contributed by atoms with Gasteiger partial charge in [-0.15, -0.1) is 0 Å². The fraction of sp³-hybridized carbons (Fsp3) is 0.350. The number of amides is 1. The molecule has 3 aromatic rings. The van der Waals surface area contributed by atoms with E-state index in [0.29, 0.717) is 13.3 Å². The highest BCUT2D eigenvalue weighted by Crippen LogP contribution is 2.32. The highest BCUT2D eigenvalue weighted by Gasteiger charge is 2.26. The monoisotopic (exact) mass is 413 g/mol. The van der Waals surface area contributed by atoms with Crippen LogP contribution >= 0.6 is 11.7 Å². The number of aromatic nitrogens is 2. The lowest BCUT2D eigenvalue weighted by atomic mass is 10.1. The number of piperazine rings is 1. The number of hydrogen-bond donors (Lipinski definition) is 3. The zero-order valence-electron chi connectivity index (χ0n) is 15.9. The Hall–Kier alpha value is -2.75. The number of quaternary nitrogens is 2. The number of rotatable bonds is 5. The second kappa shape index (κ2) is 7.94. The number of carbonyl (C=O) groups excluding carboxylic acids is 1. The minimum absolute atomic E-state index is 0.0275. The Morgan fingerprint density at radius 1 is 1.03 bits per heavy atom. The van der Waals surface area contributed by atoms with Crippen LogP contribution in [0, 0.1) is 0 Å². The largest absolute Gasteiger partial charge is 0.454 e. The summed E-state index contributed by atoms with van der Waals surface area (Å²) in [7, 11) is 0. The van der Waals surface area contributed by atoms with Crippen molar-refractivity contribution in [3.05, 3.63) is 42.0 Å². The van der Waals surface area contributed by atoms with Crippen LogP contribution in [0.4, 0.5) is 5.69 Å². The topological polar surface area (TPSA) is 82.2 Å². The van der Waals surface area contributed by atoms with E-state index < -0.39 is 0 Å². The maximum atomic E-state index is 12.5. The van der Waals surface area contributed by atoms with Gasteiger partial charge >= 0.3 is 0 Å². The van der Waals surface area contributed by atoms with Gasteiger partial charge in [0.05, 0.1) is 17.4 Å². The van der Waals surface area contributed by atoms with Gasteiger partial charge in [0.25, 0.3) is 5.91 Å². The second-order valence-corrected chi connectivity index (χ2v) is 8.06. The highest BCUT2D eigenvalue weighted by molar-refractivity contribution is 7.00. The van der Waals surface area contributed by atoms with Gasteiger partial charge in [-0.05, 0) is 30.3 Å². The molecule has 0 unspecified atom stereocenters. The number of benzene rings is 2. The molecule has 5 rings (SSSR count). The quantitative estimate of drug-likeness (QED) is 0.518. The molecule has 3 N–H and O–H groups in total. The van der Waals surface area contributed by atoms with Gasteiger partial charge in [0.15, 0.2) is 18.0 Å². The predicted octanol–water partition coefficient (Wildman–Crippen LogP) is -0.658. The van der Waals surface area contributed by atoms with Gasteiger partial charge in [-0.3, -0.25) is 4.79 Å². The fourth-order valence-electron chi connectivity index (χ4n) is 3.98. The Balaban J connectivity index is 1.12. The van der Waals surface area contributed by atoms with E-state index in [9.17, 15) is 4.79 Å². The molecule has 2 aliphatic heterocycles. The van der Waals surface area contributed by atoms with E-state index in [4.69, 9.17) is 9.47 Å². The number of ether oxygens (including phenoxy) is 2. The molecule has 0 bridgehead atoms. The number of hydrogen-bond acceptors (Lipinski definition) is 6. The molecule has 8 nitrogen and oxygen atoms in total. The van der Waals surface area contributed by atoms with Gasteiger partial charge in [-0.1, -0.05) is 6.07 Å². The molecule has 2 aliphatic rings. The van der Waals surface area contributed by atoms with E-state index in [1.165, 1.54) is 15.4 Å². The van der Waals surface area contributed by atoms with Gasteiger partial charge < -0.3 is 24.6 Å². The molecule has 0 atom stereocenters. The first-order valence-corrected chi connectivity index (χ1v) is 10.5. The number of fused-ring (bicyclic) bond motifs is 2. The maximum Gasteiger partial charge on any atom is 0.279 e. The molecule has 1 amide bonds. The average molecular weight is 414 g/mol. The summed E-state index contributed by atoms with van der Waals surface area (Å²) in [6, 6.07) is 11.9. The van der Waals surface area contributed by atoms with Crippen LogP contribution in [-0.2, 0) is 11.3 Å². The molecule has 1 fully saturated rings. The standard InChI is InChI=1S/C20H21N5O3S/c26-19(21-15-2-1-3-16-20(15)23-29-22-16)12-25-8-6-24(7-9-25)11-14-4-5-17-18(10-14)28-13-27-17/h1-5,10H,6-9,11-13H2,(H,21,26)/p+2. The minimum Gasteiger partial charge on any atom is -0.454 e. The first-order chi connectivity index (χ1) is 14.2. The van der Waals surface area contributed by atoms with Gasteiger partial charge in [0.2, 0.25) is 6.79 Å². The van der Waals surface area contributed by atoms with Crippen LogP contribution in [0.1, 0.15) is 5.56 Å². The zero-order valence-corrected chi connectivity index (χ0v) is 16.8. The third kappa shape index (κ3) is 4.02. The summed E-state index contributed by atoms with van der Waals surface area (Å²) in [4.78, 5) is 15.4. The van der Waals surface area contributed by atoms with Crippen molar-refractivity contribution in [1.82, 2.24) is 8.75 Å². The van der Waals surface area contributed by atoms with E-state index in [2.05, 4.69) is 26.2 Å². The highest BCUT2D eigenvalue weighted by atomic mass is 32.1. The Bertz CT molecular complexity index is 1030. The molecule has 3 heterocycles. The molecule has 2 aromatic carbocycles. The molecule has 29 heavy (non-hydrogen) atoms. The van der Waals surface area contributed by atoms with E-state index in [1.807, 2.05) is 24.3 Å². The fourth-order valence-corrected chi connectivity index (χ4v) is 4.53. The average Bonchev–Trinajstić information content (AvgIpc) is 3.39. The van der Waals surface area contributed by atoms with E-state index >= 15 is 0 Å². The Morgan fingerprint density at radius 2 is 1.86 bits per heavy atom. The van der Waals surface area contributed by atoms with E-state index in [-0.39, 0.29) is 5.91 Å². The number of nitrogens with zero attached hydrogens (tertiary/aromatic N) is 2. The number of carbonyl (C=O) groups is 1. The van der Waals surface area contributed by atoms with Gasteiger partial charge in [0.1, 0.15) is 43.8 Å². The van der Waals surface area contributed by atoms with Gasteiger partial charge in [-0.25, -0.2) is 0 Å². The third-order valence-electron chi connectivity index (χ3n) is 5.53. The summed E-state index contributed by atoms with van der Waals surface area (Å²) in [6.07, 6.45) is 0. The minimum atomic E-state index is 0.0275. The summed E-state index contributed by atoms with van der Waals surface area (Å²) in [5, 5.41) is 3.01. The van der Waals surface area contributed by atoms with E-state index in [1.54, 1.807) is 0 Å². The van der Waals surface area contributed by atoms with Crippen LogP contribution < -0.4 is 24.6 Å². The van der Waals surface area contributed by atoms with Crippen molar-refractivity contribution < 1.29 is 24.1 Å². The van der Waals surface area contributed by atoms with Crippen molar-refractivity contribution in [2.24, 2.45) is 0 Å². The Labute approximate surface area is 172 Å². The SMILES string of the molecule is O=C(C[NH+]1CC[NH+](Cc2ccc3c(c2)OCO3)CC1)Nc1cccc2nsnc12. The molecule has 1 saturated heterocycles. The molecule has 0 spiro atoms. The first-order valence-electron chi connectivity index (χ1n) is 9.81. The smallest absolute Gasteiger partial charge is 0.279 e. The summed E-state index contributed by atoms with van der Waals surface area (Å²) < 4.78 is 19.4. The van der Waals surface area contributed by atoms with Crippen molar-refractivity contribution in [2.45, 2.75) is 6.54 Å². The molecule has 150 valence electrons. The summed E-state index contributed by atoms with van der Waals surface area (Å²) in [5.74, 6) is 1.70. The predicted molar refractivity (Wildman–Crippen MR) is 109 cm³/mol. The molecule has 0 radical (unpaired) electrons.